The maximum Gasteiger partial charge on any atom is 0.142 e. The topological polar surface area (TPSA) is 67.5 Å². The van der Waals surface area contributed by atoms with E-state index in [0.717, 1.165) is 15.6 Å². The molecule has 0 saturated heterocycles. The number of thiophene rings is 1. The highest BCUT2D eigenvalue weighted by atomic mass is 35.5. The van der Waals surface area contributed by atoms with Crippen LogP contribution >= 0.6 is 22.9 Å². The van der Waals surface area contributed by atoms with Gasteiger partial charge in [0, 0.05) is 10.6 Å². The van der Waals surface area contributed by atoms with Gasteiger partial charge in [0.25, 0.3) is 0 Å². The number of aliphatic hydroxyl groups excluding tert-OH is 1. The molecule has 0 aliphatic carbocycles. The van der Waals surface area contributed by atoms with Crippen LogP contribution in [0, 0.1) is 0 Å². The lowest BCUT2D eigenvalue weighted by Crippen LogP contribution is -2.06. The van der Waals surface area contributed by atoms with Crippen LogP contribution in [0.3, 0.4) is 0 Å². The zero-order valence-electron chi connectivity index (χ0n) is 10.2. The normalized spacial score (nSPS) is 10.4. The fourth-order valence-corrected chi connectivity index (χ4v) is 2.64. The lowest BCUT2D eigenvalue weighted by atomic mass is 10.2. The molecular formula is C13H15ClN2O2S. The van der Waals surface area contributed by atoms with Crippen molar-refractivity contribution in [2.24, 2.45) is 0 Å². The van der Waals surface area contributed by atoms with E-state index in [-0.39, 0.29) is 13.2 Å². The predicted molar refractivity (Wildman–Crippen MR) is 80.1 cm³/mol. The molecule has 0 fully saturated rings. The molecule has 19 heavy (non-hydrogen) atoms. The van der Waals surface area contributed by atoms with Crippen LogP contribution in [0.2, 0.25) is 5.02 Å². The molecular weight excluding hydrogens is 284 g/mol. The smallest absolute Gasteiger partial charge is 0.142 e. The summed E-state index contributed by atoms with van der Waals surface area (Å²) in [7, 11) is 0. The van der Waals surface area contributed by atoms with Crippen LogP contribution in [-0.4, -0.2) is 18.3 Å². The summed E-state index contributed by atoms with van der Waals surface area (Å²) < 4.78 is 5.44. The van der Waals surface area contributed by atoms with Crippen LogP contribution < -0.4 is 15.8 Å². The number of hydrogen-bond acceptors (Lipinski definition) is 5. The fraction of sp³-hybridized carbons (Fsp3) is 0.231. The number of anilines is 2. The van der Waals surface area contributed by atoms with E-state index in [1.54, 1.807) is 29.5 Å². The van der Waals surface area contributed by atoms with Crippen molar-refractivity contribution >= 4 is 34.3 Å². The molecule has 0 bridgehead atoms. The van der Waals surface area contributed by atoms with E-state index in [1.807, 2.05) is 11.4 Å². The molecule has 0 atom stereocenters. The molecule has 0 saturated carbocycles. The van der Waals surface area contributed by atoms with E-state index < -0.39 is 0 Å². The van der Waals surface area contributed by atoms with Gasteiger partial charge in [-0.25, -0.2) is 0 Å². The Kier molecular flexibility index (Phi) is 4.90. The van der Waals surface area contributed by atoms with Crippen molar-refractivity contribution in [2.75, 3.05) is 24.3 Å². The fourth-order valence-electron chi connectivity index (χ4n) is 1.59. The van der Waals surface area contributed by atoms with Crippen molar-refractivity contribution in [2.45, 2.75) is 6.54 Å². The molecule has 4 nitrogen and oxygen atoms in total. The second-order valence-electron chi connectivity index (χ2n) is 3.87. The zero-order chi connectivity index (χ0) is 13.7. The molecule has 0 radical (unpaired) electrons. The van der Waals surface area contributed by atoms with Gasteiger partial charge >= 0.3 is 0 Å². The molecule has 0 unspecified atom stereocenters. The molecule has 0 spiro atoms. The molecule has 2 rings (SSSR count). The van der Waals surface area contributed by atoms with Gasteiger partial charge < -0.3 is 20.9 Å². The standard InChI is InChI=1S/C13H15ClN2O2S/c14-10-3-6-19-13(10)8-16-11-7-9(15)1-2-12(11)18-5-4-17/h1-3,6-7,16-17H,4-5,8,15H2. The number of ether oxygens (including phenoxy) is 1. The summed E-state index contributed by atoms with van der Waals surface area (Å²) in [5, 5.41) is 14.7. The molecule has 4 N–H and O–H groups in total. The second-order valence-corrected chi connectivity index (χ2v) is 5.28. The van der Waals surface area contributed by atoms with Crippen LogP contribution in [0.5, 0.6) is 5.75 Å². The van der Waals surface area contributed by atoms with Gasteiger partial charge in [0.2, 0.25) is 0 Å². The molecule has 102 valence electrons. The molecule has 6 heteroatoms. The Labute approximate surface area is 120 Å². The number of nitrogens with two attached hydrogens (primary N) is 1. The van der Waals surface area contributed by atoms with Crippen molar-refractivity contribution in [1.29, 1.82) is 0 Å². The van der Waals surface area contributed by atoms with E-state index in [2.05, 4.69) is 5.32 Å². The van der Waals surface area contributed by atoms with Crippen LogP contribution in [-0.2, 0) is 6.54 Å². The summed E-state index contributed by atoms with van der Waals surface area (Å²) in [6.07, 6.45) is 0. The SMILES string of the molecule is Nc1ccc(OCCO)c(NCc2sccc2Cl)c1. The maximum atomic E-state index is 8.80. The summed E-state index contributed by atoms with van der Waals surface area (Å²) >= 11 is 7.63. The minimum atomic E-state index is -0.0272. The van der Waals surface area contributed by atoms with Crippen molar-refractivity contribution in [3.05, 3.63) is 39.5 Å². The third-order valence-corrected chi connectivity index (χ3v) is 3.87. The lowest BCUT2D eigenvalue weighted by molar-refractivity contribution is 0.202. The van der Waals surface area contributed by atoms with Crippen molar-refractivity contribution in [1.82, 2.24) is 0 Å². The predicted octanol–water partition coefficient (Wildman–Crippen LogP) is 2.97. The Morgan fingerprint density at radius 2 is 2.21 bits per heavy atom. The van der Waals surface area contributed by atoms with Crippen LogP contribution in [0.1, 0.15) is 4.88 Å². The summed E-state index contributed by atoms with van der Waals surface area (Å²) in [6, 6.07) is 7.21. The van der Waals surface area contributed by atoms with Gasteiger partial charge in [-0.2, -0.15) is 0 Å². The van der Waals surface area contributed by atoms with E-state index in [0.29, 0.717) is 18.0 Å². The second kappa shape index (κ2) is 6.65. The third kappa shape index (κ3) is 3.76. The molecule has 0 amide bonds. The number of hydrogen-bond donors (Lipinski definition) is 3. The average molecular weight is 299 g/mol. The van der Waals surface area contributed by atoms with Gasteiger partial charge in [-0.15, -0.1) is 11.3 Å². The van der Waals surface area contributed by atoms with Crippen LogP contribution in [0.15, 0.2) is 29.6 Å². The summed E-state index contributed by atoms with van der Waals surface area (Å²) in [4.78, 5) is 1.05. The minimum Gasteiger partial charge on any atom is -0.489 e. The Bertz CT molecular complexity index is 545. The Balaban J connectivity index is 2.09. The first-order valence-electron chi connectivity index (χ1n) is 5.79. The van der Waals surface area contributed by atoms with E-state index >= 15 is 0 Å². The first-order chi connectivity index (χ1) is 9.20. The zero-order valence-corrected chi connectivity index (χ0v) is 11.8. The Morgan fingerprint density at radius 3 is 2.89 bits per heavy atom. The number of nitrogen functional groups attached to an aromatic ring is 1. The van der Waals surface area contributed by atoms with E-state index in [4.69, 9.17) is 27.2 Å². The van der Waals surface area contributed by atoms with Crippen molar-refractivity contribution in [3.63, 3.8) is 0 Å². The molecule has 0 aliphatic rings. The number of aliphatic hydroxyl groups is 1. The van der Waals surface area contributed by atoms with Gasteiger partial charge in [-0.05, 0) is 29.6 Å². The van der Waals surface area contributed by atoms with E-state index in [1.165, 1.54) is 0 Å². The Morgan fingerprint density at radius 1 is 1.37 bits per heavy atom. The van der Waals surface area contributed by atoms with Crippen LogP contribution in [0.4, 0.5) is 11.4 Å². The number of nitrogens with one attached hydrogen (secondary N) is 1. The highest BCUT2D eigenvalue weighted by Crippen LogP contribution is 2.29. The van der Waals surface area contributed by atoms with E-state index in [9.17, 15) is 0 Å². The van der Waals surface area contributed by atoms with Gasteiger partial charge in [0.1, 0.15) is 12.4 Å². The molecule has 1 heterocycles. The average Bonchev–Trinajstić information content (AvgIpc) is 2.81. The highest BCUT2D eigenvalue weighted by molar-refractivity contribution is 7.10. The number of benzene rings is 1. The molecule has 2 aromatic rings. The minimum absolute atomic E-state index is 0.0272. The molecule has 0 aliphatic heterocycles. The van der Waals surface area contributed by atoms with Crippen molar-refractivity contribution in [3.8, 4) is 5.75 Å². The molecule has 1 aromatic heterocycles. The summed E-state index contributed by atoms with van der Waals surface area (Å²) in [5.74, 6) is 0.663. The van der Waals surface area contributed by atoms with Crippen molar-refractivity contribution < 1.29 is 9.84 Å². The first-order valence-corrected chi connectivity index (χ1v) is 7.05. The quantitative estimate of drug-likeness (QED) is 0.717. The van der Waals surface area contributed by atoms with Gasteiger partial charge in [0.15, 0.2) is 0 Å². The summed E-state index contributed by atoms with van der Waals surface area (Å²) in [5.41, 5.74) is 7.21. The Hall–Kier alpha value is -1.43. The monoisotopic (exact) mass is 298 g/mol. The van der Waals surface area contributed by atoms with Gasteiger partial charge in [0.05, 0.1) is 23.9 Å². The largest absolute Gasteiger partial charge is 0.489 e. The maximum absolute atomic E-state index is 8.80. The number of halogens is 1. The summed E-state index contributed by atoms with van der Waals surface area (Å²) in [6.45, 7) is 0.828. The molecule has 1 aromatic carbocycles. The van der Waals surface area contributed by atoms with Gasteiger partial charge in [-0.3, -0.25) is 0 Å². The van der Waals surface area contributed by atoms with Crippen LogP contribution in [0.25, 0.3) is 0 Å². The first kappa shape index (κ1) is 14.0. The lowest BCUT2D eigenvalue weighted by Gasteiger charge is -2.13. The third-order valence-electron chi connectivity index (χ3n) is 2.48. The number of rotatable bonds is 6. The van der Waals surface area contributed by atoms with Gasteiger partial charge in [-0.1, -0.05) is 11.6 Å². The highest BCUT2D eigenvalue weighted by Gasteiger charge is 2.06.